The fourth-order valence-corrected chi connectivity index (χ4v) is 2.31. The van der Waals surface area contributed by atoms with Crippen molar-refractivity contribution in [3.05, 3.63) is 10.4 Å². The van der Waals surface area contributed by atoms with Crippen LogP contribution in [0.2, 0.25) is 0 Å². The Bertz CT molecular complexity index is 442. The summed E-state index contributed by atoms with van der Waals surface area (Å²) in [4.78, 5) is 23.6. The number of ether oxygens (including phenoxy) is 1. The molecule has 0 bridgehead atoms. The number of nitrogens with one attached hydrogen (secondary N) is 2. The maximum atomic E-state index is 11.7. The highest BCUT2D eigenvalue weighted by Crippen LogP contribution is 2.35. The number of hydrogen-bond donors (Lipinski definition) is 3. The number of nitrogens with two attached hydrogens (primary N) is 1. The molecule has 4 N–H and O–H groups in total. The van der Waals surface area contributed by atoms with E-state index in [0.717, 1.165) is 11.3 Å². The number of nitrogen functional groups attached to an aromatic ring is 1. The lowest BCUT2D eigenvalue weighted by molar-refractivity contribution is 0.0603. The van der Waals surface area contributed by atoms with Crippen LogP contribution in [0.15, 0.2) is 0 Å². The number of esters is 1. The first-order chi connectivity index (χ1) is 8.06. The van der Waals surface area contributed by atoms with E-state index in [9.17, 15) is 9.59 Å². The zero-order chi connectivity index (χ0) is 13.0. The Balaban J connectivity index is 3.23. The summed E-state index contributed by atoms with van der Waals surface area (Å²) in [5.74, 6) is -0.847. The minimum atomic E-state index is -0.557. The predicted octanol–water partition coefficient (Wildman–Crippen LogP) is 0.908. The quantitative estimate of drug-likeness (QED) is 0.697. The van der Waals surface area contributed by atoms with Gasteiger partial charge in [-0.3, -0.25) is 4.79 Å². The lowest BCUT2D eigenvalue weighted by Gasteiger charge is -2.02. The van der Waals surface area contributed by atoms with E-state index in [-0.39, 0.29) is 17.2 Å². The normalized spacial score (nSPS) is 9.82. The Hall–Kier alpha value is -1.76. The number of thiophene rings is 1. The molecule has 0 fully saturated rings. The van der Waals surface area contributed by atoms with Gasteiger partial charge in [0.15, 0.2) is 0 Å². The third kappa shape index (κ3) is 2.50. The minimum absolute atomic E-state index is 0.150. The summed E-state index contributed by atoms with van der Waals surface area (Å²) < 4.78 is 4.63. The van der Waals surface area contributed by atoms with Gasteiger partial charge >= 0.3 is 5.97 Å². The van der Waals surface area contributed by atoms with Gasteiger partial charge in [-0.1, -0.05) is 0 Å². The summed E-state index contributed by atoms with van der Waals surface area (Å²) in [5.41, 5.74) is 6.16. The molecule has 17 heavy (non-hydrogen) atoms. The van der Waals surface area contributed by atoms with Crippen molar-refractivity contribution in [3.8, 4) is 0 Å². The van der Waals surface area contributed by atoms with Crippen LogP contribution < -0.4 is 16.4 Å². The van der Waals surface area contributed by atoms with Gasteiger partial charge in [-0.05, 0) is 6.92 Å². The van der Waals surface area contributed by atoms with Crippen LogP contribution in [0.5, 0.6) is 0 Å². The van der Waals surface area contributed by atoms with E-state index in [2.05, 4.69) is 15.4 Å². The van der Waals surface area contributed by atoms with Gasteiger partial charge in [0.1, 0.15) is 15.4 Å². The van der Waals surface area contributed by atoms with Crippen LogP contribution in [0, 0.1) is 0 Å². The summed E-state index contributed by atoms with van der Waals surface area (Å²) in [6, 6.07) is 0. The largest absolute Gasteiger partial charge is 0.465 e. The van der Waals surface area contributed by atoms with Gasteiger partial charge in [0.2, 0.25) is 0 Å². The molecule has 0 aliphatic rings. The number of rotatable bonds is 4. The molecule has 0 aliphatic carbocycles. The van der Waals surface area contributed by atoms with Gasteiger partial charge in [-0.2, -0.15) is 0 Å². The molecular formula is C10H15N3O3S. The standard InChI is InChI=1S/C10H15N3O3S/c1-4-13-8(14)7-6(11)5(10(15)16-3)9(12-2)17-7/h12H,4,11H2,1-3H3,(H,13,14). The fraction of sp³-hybridized carbons (Fsp3) is 0.400. The van der Waals surface area contributed by atoms with Gasteiger partial charge in [-0.15, -0.1) is 11.3 Å². The SMILES string of the molecule is CCNC(=O)c1sc(NC)c(C(=O)OC)c1N. The minimum Gasteiger partial charge on any atom is -0.465 e. The first-order valence-electron chi connectivity index (χ1n) is 5.03. The summed E-state index contributed by atoms with van der Waals surface area (Å²) >= 11 is 1.13. The third-order valence-electron chi connectivity index (χ3n) is 2.11. The molecule has 0 saturated carbocycles. The molecule has 1 amide bonds. The van der Waals surface area contributed by atoms with Crippen molar-refractivity contribution >= 4 is 33.9 Å². The van der Waals surface area contributed by atoms with E-state index in [1.165, 1.54) is 7.11 Å². The van der Waals surface area contributed by atoms with E-state index < -0.39 is 5.97 Å². The van der Waals surface area contributed by atoms with E-state index in [1.807, 2.05) is 6.92 Å². The molecule has 94 valence electrons. The first kappa shape index (κ1) is 13.3. The van der Waals surface area contributed by atoms with Crippen LogP contribution in [0.1, 0.15) is 27.0 Å². The summed E-state index contributed by atoms with van der Waals surface area (Å²) in [5, 5.41) is 5.99. The highest BCUT2D eigenvalue weighted by atomic mass is 32.1. The third-order valence-corrected chi connectivity index (χ3v) is 3.33. The summed E-state index contributed by atoms with van der Waals surface area (Å²) in [6.07, 6.45) is 0. The Morgan fingerprint density at radius 3 is 2.59 bits per heavy atom. The Labute approximate surface area is 103 Å². The van der Waals surface area contributed by atoms with Gasteiger partial charge in [0.25, 0.3) is 5.91 Å². The summed E-state index contributed by atoms with van der Waals surface area (Å²) in [7, 11) is 2.92. The Kier molecular flexibility index (Phi) is 4.33. The molecule has 1 heterocycles. The molecule has 0 radical (unpaired) electrons. The number of amides is 1. The van der Waals surface area contributed by atoms with Crippen molar-refractivity contribution < 1.29 is 14.3 Å². The average Bonchev–Trinajstić information content (AvgIpc) is 2.65. The monoisotopic (exact) mass is 257 g/mol. The van der Waals surface area contributed by atoms with E-state index in [0.29, 0.717) is 16.4 Å². The predicted molar refractivity (Wildman–Crippen MR) is 67.6 cm³/mol. The van der Waals surface area contributed by atoms with Gasteiger partial charge in [0.05, 0.1) is 12.8 Å². The molecule has 0 aliphatic heterocycles. The molecule has 0 aromatic carbocycles. The molecule has 1 aromatic heterocycles. The molecule has 0 atom stereocenters. The smallest absolute Gasteiger partial charge is 0.343 e. The zero-order valence-corrected chi connectivity index (χ0v) is 10.7. The van der Waals surface area contributed by atoms with E-state index >= 15 is 0 Å². The topological polar surface area (TPSA) is 93.5 Å². The number of carbonyl (C=O) groups is 2. The van der Waals surface area contributed by atoms with E-state index in [1.54, 1.807) is 7.05 Å². The maximum Gasteiger partial charge on any atom is 0.343 e. The van der Waals surface area contributed by atoms with Crippen molar-refractivity contribution in [2.45, 2.75) is 6.92 Å². The van der Waals surface area contributed by atoms with Crippen LogP contribution in [0.3, 0.4) is 0 Å². The van der Waals surface area contributed by atoms with Crippen molar-refractivity contribution in [1.82, 2.24) is 5.32 Å². The number of carbonyl (C=O) groups excluding carboxylic acids is 2. The van der Waals surface area contributed by atoms with Crippen molar-refractivity contribution in [2.75, 3.05) is 31.8 Å². The second kappa shape index (κ2) is 5.53. The molecule has 1 rings (SSSR count). The number of methoxy groups -OCH3 is 1. The number of hydrogen-bond acceptors (Lipinski definition) is 6. The lowest BCUT2D eigenvalue weighted by atomic mass is 10.2. The molecule has 7 heteroatoms. The van der Waals surface area contributed by atoms with Crippen LogP contribution in [-0.2, 0) is 4.74 Å². The molecule has 0 spiro atoms. The van der Waals surface area contributed by atoms with Gasteiger partial charge in [0, 0.05) is 13.6 Å². The number of anilines is 2. The highest BCUT2D eigenvalue weighted by molar-refractivity contribution is 7.19. The van der Waals surface area contributed by atoms with Gasteiger partial charge in [-0.25, -0.2) is 4.79 Å². The van der Waals surface area contributed by atoms with E-state index in [4.69, 9.17) is 5.73 Å². The average molecular weight is 257 g/mol. The maximum absolute atomic E-state index is 11.7. The molecule has 0 saturated heterocycles. The lowest BCUT2D eigenvalue weighted by Crippen LogP contribution is -2.22. The molecule has 6 nitrogen and oxygen atoms in total. The zero-order valence-electron chi connectivity index (χ0n) is 9.92. The van der Waals surface area contributed by atoms with Crippen molar-refractivity contribution in [1.29, 1.82) is 0 Å². The second-order valence-corrected chi connectivity index (χ2v) is 4.17. The van der Waals surface area contributed by atoms with Crippen LogP contribution in [-0.4, -0.2) is 32.6 Å². The van der Waals surface area contributed by atoms with Crippen LogP contribution in [0.25, 0.3) is 0 Å². The Morgan fingerprint density at radius 1 is 1.47 bits per heavy atom. The second-order valence-electron chi connectivity index (χ2n) is 3.15. The van der Waals surface area contributed by atoms with Crippen molar-refractivity contribution in [2.24, 2.45) is 0 Å². The van der Waals surface area contributed by atoms with Crippen LogP contribution in [0.4, 0.5) is 10.7 Å². The highest BCUT2D eigenvalue weighted by Gasteiger charge is 2.25. The molecule has 1 aromatic rings. The van der Waals surface area contributed by atoms with Crippen LogP contribution >= 0.6 is 11.3 Å². The Morgan fingerprint density at radius 2 is 2.12 bits per heavy atom. The first-order valence-corrected chi connectivity index (χ1v) is 5.84. The van der Waals surface area contributed by atoms with Crippen molar-refractivity contribution in [3.63, 3.8) is 0 Å². The molecular weight excluding hydrogens is 242 g/mol. The van der Waals surface area contributed by atoms with Gasteiger partial charge < -0.3 is 21.1 Å². The fourth-order valence-electron chi connectivity index (χ4n) is 1.33. The molecule has 0 unspecified atom stereocenters. The summed E-state index contributed by atoms with van der Waals surface area (Å²) in [6.45, 7) is 2.31.